The van der Waals surface area contributed by atoms with Crippen LogP contribution in [0.2, 0.25) is 0 Å². The summed E-state index contributed by atoms with van der Waals surface area (Å²) in [6.45, 7) is 2.05. The van der Waals surface area contributed by atoms with Gasteiger partial charge in [0, 0.05) is 32.0 Å². The first kappa shape index (κ1) is 11.8. The van der Waals surface area contributed by atoms with Crippen molar-refractivity contribution in [3.63, 3.8) is 0 Å². The first-order valence-corrected chi connectivity index (χ1v) is 5.85. The Bertz CT molecular complexity index is 425. The van der Waals surface area contributed by atoms with Crippen LogP contribution in [0.1, 0.15) is 18.5 Å². The van der Waals surface area contributed by atoms with Gasteiger partial charge in [-0.2, -0.15) is 5.26 Å². The minimum atomic E-state index is 0.399. The minimum absolute atomic E-state index is 0.399. The summed E-state index contributed by atoms with van der Waals surface area (Å²) in [7, 11) is 4.12. The fraction of sp³-hybridized carbons (Fsp3) is 0.583. The second-order valence-corrected chi connectivity index (χ2v) is 4.50. The van der Waals surface area contributed by atoms with E-state index in [-0.39, 0.29) is 0 Å². The van der Waals surface area contributed by atoms with Gasteiger partial charge in [0.15, 0.2) is 11.5 Å². The number of hydrogen-bond donors (Lipinski definition) is 0. The van der Waals surface area contributed by atoms with Crippen LogP contribution in [-0.2, 0) is 0 Å². The standard InChI is InChI=1S/C12H17N5/c1-16-7-3-4-10(16)9-17(2)12-11(8-13)14-5-6-15-12/h5-6,10H,3-4,7,9H2,1-2H3. The molecule has 0 N–H and O–H groups in total. The summed E-state index contributed by atoms with van der Waals surface area (Å²) in [5.41, 5.74) is 0.399. The fourth-order valence-corrected chi connectivity index (χ4v) is 2.30. The van der Waals surface area contributed by atoms with Gasteiger partial charge in [-0.1, -0.05) is 0 Å². The molecule has 2 rings (SSSR count). The lowest BCUT2D eigenvalue weighted by molar-refractivity contribution is 0.314. The summed E-state index contributed by atoms with van der Waals surface area (Å²) in [6.07, 6.45) is 5.65. The van der Waals surface area contributed by atoms with Crippen LogP contribution in [-0.4, -0.2) is 48.1 Å². The zero-order chi connectivity index (χ0) is 12.3. The molecule has 5 nitrogen and oxygen atoms in total. The third-order valence-corrected chi connectivity index (χ3v) is 3.30. The number of nitriles is 1. The van der Waals surface area contributed by atoms with Gasteiger partial charge in [0.1, 0.15) is 6.07 Å². The minimum Gasteiger partial charge on any atom is -0.356 e. The van der Waals surface area contributed by atoms with Crippen LogP contribution in [0.5, 0.6) is 0 Å². The number of rotatable bonds is 3. The van der Waals surface area contributed by atoms with Gasteiger partial charge in [0.25, 0.3) is 0 Å². The first-order valence-electron chi connectivity index (χ1n) is 5.85. The van der Waals surface area contributed by atoms with Crippen molar-refractivity contribution in [2.24, 2.45) is 0 Å². The molecule has 1 aliphatic rings. The molecule has 0 bridgehead atoms. The molecule has 1 aliphatic heterocycles. The van der Waals surface area contributed by atoms with Gasteiger partial charge in [-0.05, 0) is 26.4 Å². The van der Waals surface area contributed by atoms with Gasteiger partial charge in [0.2, 0.25) is 0 Å². The van der Waals surface area contributed by atoms with E-state index in [1.54, 1.807) is 12.4 Å². The monoisotopic (exact) mass is 231 g/mol. The van der Waals surface area contributed by atoms with E-state index in [1.165, 1.54) is 12.8 Å². The molecule has 0 spiro atoms. The zero-order valence-corrected chi connectivity index (χ0v) is 10.3. The molecule has 90 valence electrons. The number of nitrogens with zero attached hydrogens (tertiary/aromatic N) is 5. The van der Waals surface area contributed by atoms with Gasteiger partial charge < -0.3 is 9.80 Å². The maximum atomic E-state index is 8.99. The summed E-state index contributed by atoms with van der Waals surface area (Å²) < 4.78 is 0. The van der Waals surface area contributed by atoms with Crippen LogP contribution in [0.25, 0.3) is 0 Å². The highest BCUT2D eigenvalue weighted by atomic mass is 15.2. The Balaban J connectivity index is 2.09. The largest absolute Gasteiger partial charge is 0.356 e. The highest BCUT2D eigenvalue weighted by molar-refractivity contribution is 5.48. The van der Waals surface area contributed by atoms with Crippen molar-refractivity contribution in [2.75, 3.05) is 32.1 Å². The summed E-state index contributed by atoms with van der Waals surface area (Å²) in [4.78, 5) is 12.7. The van der Waals surface area contributed by atoms with Crippen molar-refractivity contribution >= 4 is 5.82 Å². The van der Waals surface area contributed by atoms with Crippen LogP contribution >= 0.6 is 0 Å². The Morgan fingerprint density at radius 3 is 2.94 bits per heavy atom. The van der Waals surface area contributed by atoms with E-state index < -0.39 is 0 Å². The predicted octanol–water partition coefficient (Wildman–Crippen LogP) is 0.879. The van der Waals surface area contributed by atoms with Crippen LogP contribution < -0.4 is 4.90 Å². The maximum absolute atomic E-state index is 8.99. The Kier molecular flexibility index (Phi) is 3.55. The Hall–Kier alpha value is -1.67. The summed E-state index contributed by atoms with van der Waals surface area (Å²) >= 11 is 0. The lowest BCUT2D eigenvalue weighted by Crippen LogP contribution is -2.37. The highest BCUT2D eigenvalue weighted by Gasteiger charge is 2.23. The number of anilines is 1. The van der Waals surface area contributed by atoms with Crippen molar-refractivity contribution in [3.05, 3.63) is 18.1 Å². The lowest BCUT2D eigenvalue weighted by Gasteiger charge is -2.26. The average Bonchev–Trinajstić information content (AvgIpc) is 2.75. The van der Waals surface area contributed by atoms with E-state index in [0.29, 0.717) is 17.6 Å². The molecular weight excluding hydrogens is 214 g/mol. The van der Waals surface area contributed by atoms with E-state index in [1.807, 2.05) is 11.9 Å². The lowest BCUT2D eigenvalue weighted by atomic mass is 10.2. The average molecular weight is 231 g/mol. The Labute approximate surface area is 102 Å². The van der Waals surface area contributed by atoms with Crippen LogP contribution in [0, 0.1) is 11.3 Å². The van der Waals surface area contributed by atoms with E-state index in [0.717, 1.165) is 13.1 Å². The summed E-state index contributed by atoms with van der Waals surface area (Å²) in [5, 5.41) is 8.99. The number of aromatic nitrogens is 2. The molecule has 1 fully saturated rings. The van der Waals surface area contributed by atoms with Gasteiger partial charge in [-0.3, -0.25) is 0 Å². The molecule has 17 heavy (non-hydrogen) atoms. The second-order valence-electron chi connectivity index (χ2n) is 4.50. The molecule has 0 saturated carbocycles. The molecule has 0 radical (unpaired) electrons. The van der Waals surface area contributed by atoms with Crippen molar-refractivity contribution in [2.45, 2.75) is 18.9 Å². The topological polar surface area (TPSA) is 56.1 Å². The number of likely N-dealkylation sites (N-methyl/N-ethyl adjacent to an activating group) is 2. The van der Waals surface area contributed by atoms with Crippen LogP contribution in [0.4, 0.5) is 5.82 Å². The molecule has 1 aromatic heterocycles. The highest BCUT2D eigenvalue weighted by Crippen LogP contribution is 2.19. The maximum Gasteiger partial charge on any atom is 0.183 e. The molecule has 0 amide bonds. The van der Waals surface area contributed by atoms with E-state index >= 15 is 0 Å². The number of likely N-dealkylation sites (tertiary alicyclic amines) is 1. The third kappa shape index (κ3) is 2.53. The van der Waals surface area contributed by atoms with E-state index in [4.69, 9.17) is 5.26 Å². The van der Waals surface area contributed by atoms with Gasteiger partial charge in [-0.15, -0.1) is 0 Å². The Morgan fingerprint density at radius 1 is 1.53 bits per heavy atom. The normalized spacial score (nSPS) is 20.2. The van der Waals surface area contributed by atoms with E-state index in [2.05, 4.69) is 28.0 Å². The number of hydrogen-bond acceptors (Lipinski definition) is 5. The zero-order valence-electron chi connectivity index (χ0n) is 10.3. The van der Waals surface area contributed by atoms with Crippen LogP contribution in [0.15, 0.2) is 12.4 Å². The predicted molar refractivity (Wildman–Crippen MR) is 65.7 cm³/mol. The van der Waals surface area contributed by atoms with Crippen molar-refractivity contribution in [3.8, 4) is 6.07 Å². The summed E-state index contributed by atoms with van der Waals surface area (Å²) in [5.74, 6) is 0.676. The van der Waals surface area contributed by atoms with Crippen molar-refractivity contribution in [1.29, 1.82) is 5.26 Å². The van der Waals surface area contributed by atoms with Crippen molar-refractivity contribution < 1.29 is 0 Å². The quantitative estimate of drug-likeness (QED) is 0.773. The van der Waals surface area contributed by atoms with E-state index in [9.17, 15) is 0 Å². The molecule has 2 heterocycles. The fourth-order valence-electron chi connectivity index (χ4n) is 2.30. The SMILES string of the molecule is CN(CC1CCCN1C)c1nccnc1C#N. The molecular formula is C12H17N5. The van der Waals surface area contributed by atoms with Gasteiger partial charge >= 0.3 is 0 Å². The molecule has 5 heteroatoms. The second kappa shape index (κ2) is 5.11. The molecule has 1 atom stereocenters. The first-order chi connectivity index (χ1) is 8.22. The van der Waals surface area contributed by atoms with Gasteiger partial charge in [-0.25, -0.2) is 9.97 Å². The molecule has 0 aliphatic carbocycles. The smallest absolute Gasteiger partial charge is 0.183 e. The third-order valence-electron chi connectivity index (χ3n) is 3.30. The molecule has 1 saturated heterocycles. The molecule has 1 aromatic rings. The van der Waals surface area contributed by atoms with Crippen LogP contribution in [0.3, 0.4) is 0 Å². The van der Waals surface area contributed by atoms with Gasteiger partial charge in [0.05, 0.1) is 0 Å². The molecule has 0 aromatic carbocycles. The Morgan fingerprint density at radius 2 is 2.29 bits per heavy atom. The molecule has 1 unspecified atom stereocenters. The summed E-state index contributed by atoms with van der Waals surface area (Å²) in [6, 6.07) is 2.63. The van der Waals surface area contributed by atoms with Crippen molar-refractivity contribution in [1.82, 2.24) is 14.9 Å².